The van der Waals surface area contributed by atoms with Crippen LogP contribution in [0.3, 0.4) is 0 Å². The summed E-state index contributed by atoms with van der Waals surface area (Å²) >= 11 is 0. The third-order valence-electron chi connectivity index (χ3n) is 3.84. The fraction of sp³-hybridized carbons (Fsp3) is 0.368. The Balaban J connectivity index is 1.92. The zero-order valence-corrected chi connectivity index (χ0v) is 15.3. The Morgan fingerprint density at radius 2 is 0.957 bits per heavy atom. The molecule has 0 spiro atoms. The van der Waals surface area contributed by atoms with Crippen molar-refractivity contribution in [3.63, 3.8) is 0 Å². The monoisotopic (exact) mass is 348 g/mol. The highest BCUT2D eigenvalue weighted by Gasteiger charge is 2.13. The molecule has 2 aromatic rings. The largest absolute Gasteiger partial charge is 0.396 e. The molecule has 0 saturated heterocycles. The van der Waals surface area contributed by atoms with Crippen molar-refractivity contribution in [1.29, 1.82) is 0 Å². The minimum Gasteiger partial charge on any atom is -0.396 e. The van der Waals surface area contributed by atoms with Crippen molar-refractivity contribution < 1.29 is 10.2 Å². The van der Waals surface area contributed by atoms with Crippen molar-refractivity contribution in [1.82, 2.24) is 0 Å². The SMILES string of the molecule is OCCP(CCCP(CCO)c1ccccc1)c1ccccc1. The minimum atomic E-state index is -0.267. The first kappa shape index (κ1) is 18.6. The lowest BCUT2D eigenvalue weighted by atomic mass is 10.4. The summed E-state index contributed by atoms with van der Waals surface area (Å²) in [6.45, 7) is 0.537. The van der Waals surface area contributed by atoms with Crippen LogP contribution < -0.4 is 10.6 Å². The van der Waals surface area contributed by atoms with Crippen LogP contribution in [0.25, 0.3) is 0 Å². The van der Waals surface area contributed by atoms with E-state index in [9.17, 15) is 10.2 Å². The van der Waals surface area contributed by atoms with Crippen LogP contribution in [-0.2, 0) is 0 Å². The van der Waals surface area contributed by atoms with Crippen molar-refractivity contribution in [3.05, 3.63) is 60.7 Å². The normalized spacial score (nSPS) is 13.7. The Hall–Kier alpha value is -0.780. The average molecular weight is 348 g/mol. The van der Waals surface area contributed by atoms with E-state index >= 15 is 0 Å². The zero-order chi connectivity index (χ0) is 16.3. The van der Waals surface area contributed by atoms with Gasteiger partial charge in [0.05, 0.1) is 0 Å². The van der Waals surface area contributed by atoms with E-state index in [0.29, 0.717) is 0 Å². The van der Waals surface area contributed by atoms with E-state index in [1.54, 1.807) is 0 Å². The van der Waals surface area contributed by atoms with Crippen LogP contribution in [0.1, 0.15) is 6.42 Å². The molecular weight excluding hydrogens is 322 g/mol. The number of hydrogen-bond acceptors (Lipinski definition) is 2. The van der Waals surface area contributed by atoms with Gasteiger partial charge in [-0.15, -0.1) is 0 Å². The standard InChI is InChI=1S/C19H26O2P2/c20-12-16-22(18-8-3-1-4-9-18)14-7-15-23(17-13-21)19-10-5-2-6-11-19/h1-6,8-11,20-21H,7,12-17H2. The van der Waals surface area contributed by atoms with Gasteiger partial charge in [0.25, 0.3) is 0 Å². The summed E-state index contributed by atoms with van der Waals surface area (Å²) in [7, 11) is -0.534. The van der Waals surface area contributed by atoms with E-state index in [2.05, 4.69) is 48.5 Å². The molecule has 2 nitrogen and oxygen atoms in total. The molecule has 0 aliphatic rings. The predicted octanol–water partition coefficient (Wildman–Crippen LogP) is 2.98. The molecule has 0 aliphatic heterocycles. The molecule has 0 bridgehead atoms. The highest BCUT2D eigenvalue weighted by Crippen LogP contribution is 2.39. The van der Waals surface area contributed by atoms with Gasteiger partial charge in [0.2, 0.25) is 0 Å². The van der Waals surface area contributed by atoms with Crippen molar-refractivity contribution in [2.75, 3.05) is 37.9 Å². The molecule has 2 N–H and O–H groups in total. The third kappa shape index (κ3) is 6.32. The van der Waals surface area contributed by atoms with Crippen molar-refractivity contribution >= 4 is 26.5 Å². The number of aliphatic hydroxyl groups excluding tert-OH is 2. The molecule has 2 rings (SSSR count). The van der Waals surface area contributed by atoms with Crippen LogP contribution in [0.2, 0.25) is 0 Å². The molecule has 0 fully saturated rings. The molecule has 124 valence electrons. The molecule has 0 aromatic heterocycles. The zero-order valence-electron chi connectivity index (χ0n) is 13.5. The summed E-state index contributed by atoms with van der Waals surface area (Å²) in [4.78, 5) is 0. The van der Waals surface area contributed by atoms with Gasteiger partial charge in [-0.25, -0.2) is 0 Å². The van der Waals surface area contributed by atoms with Crippen LogP contribution in [0, 0.1) is 0 Å². The maximum absolute atomic E-state index is 9.36. The van der Waals surface area contributed by atoms with Crippen LogP contribution in [-0.4, -0.2) is 48.1 Å². The Morgan fingerprint density at radius 1 is 0.565 bits per heavy atom. The Morgan fingerprint density at radius 3 is 1.30 bits per heavy atom. The minimum absolute atomic E-state index is 0.267. The number of rotatable bonds is 10. The highest BCUT2D eigenvalue weighted by molar-refractivity contribution is 7.66. The molecule has 2 atom stereocenters. The van der Waals surface area contributed by atoms with E-state index in [1.807, 2.05) is 12.1 Å². The second kappa shape index (κ2) is 10.9. The fourth-order valence-corrected chi connectivity index (χ4v) is 7.19. The number of hydrogen-bond donors (Lipinski definition) is 2. The molecular formula is C19H26O2P2. The van der Waals surface area contributed by atoms with Gasteiger partial charge < -0.3 is 10.2 Å². The molecule has 2 unspecified atom stereocenters. The molecule has 0 radical (unpaired) electrons. The van der Waals surface area contributed by atoms with Gasteiger partial charge in [-0.2, -0.15) is 0 Å². The second-order valence-electron chi connectivity index (χ2n) is 5.45. The van der Waals surface area contributed by atoms with Gasteiger partial charge in [0, 0.05) is 13.2 Å². The molecule has 0 heterocycles. The lowest BCUT2D eigenvalue weighted by Crippen LogP contribution is -2.12. The fourth-order valence-electron chi connectivity index (χ4n) is 2.71. The number of benzene rings is 2. The molecule has 0 amide bonds. The number of aliphatic hydroxyl groups is 2. The van der Waals surface area contributed by atoms with E-state index in [0.717, 1.165) is 24.6 Å². The summed E-state index contributed by atoms with van der Waals surface area (Å²) in [5.74, 6) is 0. The lowest BCUT2D eigenvalue weighted by molar-refractivity contribution is 0.321. The van der Waals surface area contributed by atoms with Crippen LogP contribution >= 0.6 is 15.8 Å². The first-order chi connectivity index (χ1) is 11.3. The summed E-state index contributed by atoms with van der Waals surface area (Å²) in [5.41, 5.74) is 0. The average Bonchev–Trinajstić information content (AvgIpc) is 2.61. The van der Waals surface area contributed by atoms with E-state index in [-0.39, 0.29) is 29.1 Å². The molecule has 4 heteroatoms. The van der Waals surface area contributed by atoms with Crippen molar-refractivity contribution in [2.45, 2.75) is 6.42 Å². The van der Waals surface area contributed by atoms with E-state index in [1.165, 1.54) is 17.0 Å². The summed E-state index contributed by atoms with van der Waals surface area (Å²) in [5, 5.41) is 21.5. The van der Waals surface area contributed by atoms with Crippen LogP contribution in [0.4, 0.5) is 0 Å². The van der Waals surface area contributed by atoms with Gasteiger partial charge >= 0.3 is 0 Å². The van der Waals surface area contributed by atoms with Gasteiger partial charge in [-0.05, 0) is 41.7 Å². The smallest absolute Gasteiger partial charge is 0.0473 e. The molecule has 0 saturated carbocycles. The first-order valence-corrected chi connectivity index (χ1v) is 11.6. The Labute approximate surface area is 142 Å². The topological polar surface area (TPSA) is 40.5 Å². The van der Waals surface area contributed by atoms with E-state index < -0.39 is 0 Å². The molecule has 2 aromatic carbocycles. The van der Waals surface area contributed by atoms with Crippen molar-refractivity contribution in [2.24, 2.45) is 0 Å². The lowest BCUT2D eigenvalue weighted by Gasteiger charge is -2.20. The highest BCUT2D eigenvalue weighted by atomic mass is 31.1. The van der Waals surface area contributed by atoms with Crippen LogP contribution in [0.15, 0.2) is 60.7 Å². The summed E-state index contributed by atoms with van der Waals surface area (Å²) in [6, 6.07) is 21.2. The van der Waals surface area contributed by atoms with Gasteiger partial charge in [-0.1, -0.05) is 76.5 Å². The van der Waals surface area contributed by atoms with E-state index in [4.69, 9.17) is 0 Å². The Kier molecular flexibility index (Phi) is 8.79. The van der Waals surface area contributed by atoms with Gasteiger partial charge in [0.15, 0.2) is 0 Å². The Bertz CT molecular complexity index is 484. The molecule has 0 aliphatic carbocycles. The first-order valence-electron chi connectivity index (χ1n) is 8.17. The predicted molar refractivity (Wildman–Crippen MR) is 104 cm³/mol. The maximum atomic E-state index is 9.36. The maximum Gasteiger partial charge on any atom is 0.0473 e. The molecule has 23 heavy (non-hydrogen) atoms. The summed E-state index contributed by atoms with van der Waals surface area (Å²) in [6.07, 6.45) is 5.28. The quantitative estimate of drug-likeness (QED) is 0.648. The van der Waals surface area contributed by atoms with Gasteiger partial charge in [0.1, 0.15) is 0 Å². The second-order valence-corrected chi connectivity index (χ2v) is 10.4. The third-order valence-corrected chi connectivity index (χ3v) is 9.09. The summed E-state index contributed by atoms with van der Waals surface area (Å²) < 4.78 is 0. The van der Waals surface area contributed by atoms with Crippen LogP contribution in [0.5, 0.6) is 0 Å². The van der Waals surface area contributed by atoms with Crippen molar-refractivity contribution in [3.8, 4) is 0 Å². The van der Waals surface area contributed by atoms with Gasteiger partial charge in [-0.3, -0.25) is 0 Å².